The van der Waals surface area contributed by atoms with Crippen LogP contribution in [-0.2, 0) is 52.3 Å². The summed E-state index contributed by atoms with van der Waals surface area (Å²) in [5.74, 6) is -6.36. The van der Waals surface area contributed by atoms with Crippen molar-refractivity contribution in [1.82, 2.24) is 0 Å². The first-order chi connectivity index (χ1) is 36.4. The second kappa shape index (κ2) is 25.5. The molecule has 0 aromatic heterocycles. The van der Waals surface area contributed by atoms with Gasteiger partial charge in [0.05, 0.1) is 33.4 Å². The van der Waals surface area contributed by atoms with Gasteiger partial charge in [0, 0.05) is 6.92 Å². The standard InChI is InChI=1S/C56H46BrNO17/c1-34(59)75-58-43-46(71-53(63)38-26-14-5-15-27-38)44(41(68-49(43)57)32-66-50(60)35-20-8-2-9-21-35)74-56-48(73-55(65)40-30-18-7-19-31-40)47(72-54(64)39-28-16-6-17-29-39)45(70-52(62)37-24-12-4-13-25-37)42(69-56)33-67-51(61)36-22-10-3-11-23-36/h2-31,41-42,44-49,56H,32-33H2,1H3/b58-43-/t41-,42-,44-,45+,46-,47+,48-,49+,56+/m1/s1. The molecule has 2 heterocycles. The summed E-state index contributed by atoms with van der Waals surface area (Å²) < 4.78 is 56.2. The summed E-state index contributed by atoms with van der Waals surface area (Å²) in [5.41, 5.74) is 0.183. The molecule has 9 atom stereocenters. The fraction of sp³-hybridized carbons (Fsp3) is 0.214. The predicted molar refractivity (Wildman–Crippen MR) is 266 cm³/mol. The molecule has 0 N–H and O–H groups in total. The molecule has 2 aliphatic heterocycles. The normalized spacial score (nSPS) is 22.6. The number of ether oxygens (including phenoxy) is 9. The van der Waals surface area contributed by atoms with Gasteiger partial charge in [0.2, 0.25) is 0 Å². The maximum Gasteiger partial charge on any atom is 0.338 e. The van der Waals surface area contributed by atoms with Crippen molar-refractivity contribution in [1.29, 1.82) is 0 Å². The maximum absolute atomic E-state index is 14.4. The average Bonchev–Trinajstić information content (AvgIpc) is 3.46. The number of carbonyl (C=O) groups excluding carboxylic acids is 7. The molecule has 2 aliphatic rings. The zero-order chi connectivity index (χ0) is 52.7. The molecule has 2 fully saturated rings. The third-order valence-electron chi connectivity index (χ3n) is 11.4. The Hall–Kier alpha value is -8.36. The van der Waals surface area contributed by atoms with E-state index in [2.05, 4.69) is 21.1 Å². The smallest absolute Gasteiger partial charge is 0.338 e. The summed E-state index contributed by atoms with van der Waals surface area (Å²) >= 11 is 3.39. The van der Waals surface area contributed by atoms with Crippen molar-refractivity contribution in [2.75, 3.05) is 13.2 Å². The number of oxime groups is 1. The Kier molecular flexibility index (Phi) is 18.0. The van der Waals surface area contributed by atoms with Crippen LogP contribution in [0.1, 0.15) is 69.1 Å². The monoisotopic (exact) mass is 1080 g/mol. The van der Waals surface area contributed by atoms with E-state index in [0.29, 0.717) is 0 Å². The minimum absolute atomic E-state index is 0.0143. The molecule has 2 saturated heterocycles. The Labute approximate surface area is 437 Å². The zero-order valence-electron chi connectivity index (χ0n) is 39.7. The minimum atomic E-state index is -2.00. The van der Waals surface area contributed by atoms with Crippen LogP contribution < -0.4 is 0 Å². The molecular formula is C56H46BrNO17. The van der Waals surface area contributed by atoms with E-state index in [1.807, 2.05) is 0 Å². The van der Waals surface area contributed by atoms with Gasteiger partial charge in [-0.1, -0.05) is 130 Å². The highest BCUT2D eigenvalue weighted by Gasteiger charge is 2.57. The summed E-state index contributed by atoms with van der Waals surface area (Å²) in [6.45, 7) is -0.261. The summed E-state index contributed by atoms with van der Waals surface area (Å²) in [4.78, 5) is 101. The Bertz CT molecular complexity index is 2950. The average molecular weight is 1080 g/mol. The van der Waals surface area contributed by atoms with E-state index in [1.54, 1.807) is 109 Å². The van der Waals surface area contributed by atoms with Crippen LogP contribution >= 0.6 is 15.9 Å². The molecule has 6 aromatic carbocycles. The first-order valence-electron chi connectivity index (χ1n) is 23.3. The number of benzene rings is 6. The van der Waals surface area contributed by atoms with Gasteiger partial charge in [-0.25, -0.2) is 33.6 Å². The SMILES string of the molecule is CC(=O)O/N=C1/[C@@H](OC(=O)c2ccccc2)[C@H](O[C@@H]2O[C@H](COC(=O)c3ccccc3)[C@H](OC(=O)c3ccccc3)[C@H](OC(=O)c3ccccc3)[C@H]2OC(=O)c2ccccc2)[C@@H](COC(=O)c2ccccc2)O[C@@H]1Br. The van der Waals surface area contributed by atoms with E-state index in [0.717, 1.165) is 6.92 Å². The molecule has 0 spiro atoms. The highest BCUT2D eigenvalue weighted by atomic mass is 79.9. The van der Waals surface area contributed by atoms with Gasteiger partial charge >= 0.3 is 41.8 Å². The third-order valence-corrected chi connectivity index (χ3v) is 12.1. The highest BCUT2D eigenvalue weighted by Crippen LogP contribution is 2.36. The van der Waals surface area contributed by atoms with Crippen molar-refractivity contribution in [2.45, 2.75) is 61.0 Å². The number of carbonyl (C=O) groups is 7. The minimum Gasteiger partial charge on any atom is -0.459 e. The highest BCUT2D eigenvalue weighted by molar-refractivity contribution is 9.09. The second-order valence-corrected chi connectivity index (χ2v) is 17.4. The number of hydrogen-bond donors (Lipinski definition) is 0. The van der Waals surface area contributed by atoms with Crippen LogP contribution in [0.3, 0.4) is 0 Å². The molecule has 6 aromatic rings. The summed E-state index contributed by atoms with van der Waals surface area (Å²) in [6, 6.07) is 46.9. The summed E-state index contributed by atoms with van der Waals surface area (Å²) in [6.07, 6.45) is -14.1. The van der Waals surface area contributed by atoms with Crippen molar-refractivity contribution in [2.24, 2.45) is 5.16 Å². The molecule has 0 radical (unpaired) electrons. The van der Waals surface area contributed by atoms with Gasteiger partial charge < -0.3 is 47.5 Å². The number of rotatable bonds is 17. The van der Waals surface area contributed by atoms with Gasteiger partial charge in [0.1, 0.15) is 37.2 Å². The van der Waals surface area contributed by atoms with Gasteiger partial charge in [0.15, 0.2) is 35.7 Å². The molecular weight excluding hydrogens is 1040 g/mol. The number of hydrogen-bond acceptors (Lipinski definition) is 18. The summed E-state index contributed by atoms with van der Waals surface area (Å²) in [7, 11) is 0. The van der Waals surface area contributed by atoms with E-state index < -0.39 is 109 Å². The number of alkyl halides is 1. The molecule has 0 amide bonds. The van der Waals surface area contributed by atoms with E-state index in [9.17, 15) is 33.6 Å². The van der Waals surface area contributed by atoms with Crippen LogP contribution in [0, 0.1) is 0 Å². The van der Waals surface area contributed by atoms with Crippen LogP contribution in [0.4, 0.5) is 0 Å². The van der Waals surface area contributed by atoms with Crippen LogP contribution in [0.15, 0.2) is 187 Å². The van der Waals surface area contributed by atoms with E-state index in [4.69, 9.17) is 47.5 Å². The quantitative estimate of drug-likeness (QED) is 0.0280. The number of nitrogens with zero attached hydrogens (tertiary/aromatic N) is 1. The van der Waals surface area contributed by atoms with Crippen molar-refractivity contribution >= 4 is 63.4 Å². The lowest BCUT2D eigenvalue weighted by Gasteiger charge is -2.47. The Morgan fingerprint density at radius 3 is 1.15 bits per heavy atom. The van der Waals surface area contributed by atoms with Gasteiger partial charge in [-0.2, -0.15) is 0 Å². The Morgan fingerprint density at radius 1 is 0.427 bits per heavy atom. The van der Waals surface area contributed by atoms with Gasteiger partial charge in [-0.15, -0.1) is 0 Å². The molecule has 0 bridgehead atoms. The van der Waals surface area contributed by atoms with E-state index in [1.165, 1.54) is 72.8 Å². The lowest BCUT2D eigenvalue weighted by atomic mass is 9.96. The fourth-order valence-corrected chi connectivity index (χ4v) is 8.41. The van der Waals surface area contributed by atoms with Crippen molar-refractivity contribution in [3.63, 3.8) is 0 Å². The zero-order valence-corrected chi connectivity index (χ0v) is 41.3. The molecule has 8 rings (SSSR count). The van der Waals surface area contributed by atoms with Crippen LogP contribution in [0.5, 0.6) is 0 Å². The number of halogens is 1. The molecule has 384 valence electrons. The molecule has 0 saturated carbocycles. The summed E-state index contributed by atoms with van der Waals surface area (Å²) in [5, 5.41) is 2.67. The Balaban J connectivity index is 1.27. The first kappa shape index (κ1) is 52.9. The number of esters is 6. The lowest BCUT2D eigenvalue weighted by Crippen LogP contribution is -2.66. The van der Waals surface area contributed by atoms with Gasteiger partial charge in [-0.05, 0) is 72.8 Å². The first-order valence-corrected chi connectivity index (χ1v) is 24.2. The van der Waals surface area contributed by atoms with Gasteiger partial charge in [0.25, 0.3) is 0 Å². The van der Waals surface area contributed by atoms with Crippen molar-refractivity contribution in [3.05, 3.63) is 215 Å². The van der Waals surface area contributed by atoms with E-state index >= 15 is 0 Å². The predicted octanol–water partition coefficient (Wildman–Crippen LogP) is 7.75. The third kappa shape index (κ3) is 13.8. The topological polar surface area (TPSA) is 224 Å². The van der Waals surface area contributed by atoms with Gasteiger partial charge in [-0.3, -0.25) is 0 Å². The van der Waals surface area contributed by atoms with Crippen molar-refractivity contribution in [3.8, 4) is 0 Å². The second-order valence-electron chi connectivity index (χ2n) is 16.6. The molecule has 19 heteroatoms. The van der Waals surface area contributed by atoms with Crippen LogP contribution in [0.25, 0.3) is 0 Å². The van der Waals surface area contributed by atoms with Crippen LogP contribution in [0.2, 0.25) is 0 Å². The maximum atomic E-state index is 14.4. The molecule has 0 unspecified atom stereocenters. The fourth-order valence-electron chi connectivity index (χ4n) is 7.79. The molecule has 0 aliphatic carbocycles. The van der Waals surface area contributed by atoms with Crippen molar-refractivity contribution < 1.29 is 81.0 Å². The molecule has 18 nitrogen and oxygen atoms in total. The lowest BCUT2D eigenvalue weighted by molar-refractivity contribution is -0.322. The van der Waals surface area contributed by atoms with Crippen LogP contribution in [-0.4, -0.2) is 115 Å². The van der Waals surface area contributed by atoms with E-state index in [-0.39, 0.29) is 39.1 Å². The largest absolute Gasteiger partial charge is 0.459 e. The Morgan fingerprint density at radius 2 is 0.760 bits per heavy atom. The molecule has 75 heavy (non-hydrogen) atoms.